The van der Waals surface area contributed by atoms with Gasteiger partial charge in [-0.15, -0.1) is 0 Å². The van der Waals surface area contributed by atoms with Crippen molar-refractivity contribution in [2.75, 3.05) is 6.61 Å². The largest absolute Gasteiger partial charge is 0.479 e. The van der Waals surface area contributed by atoms with Gasteiger partial charge in [0, 0.05) is 6.61 Å². The molecule has 0 amide bonds. The second kappa shape index (κ2) is 16.0. The van der Waals surface area contributed by atoms with Crippen LogP contribution in [0.2, 0.25) is 0 Å². The number of aliphatic hydroxyl groups excluding tert-OH is 3. The molecule has 0 radical (unpaired) electrons. The number of hydrogen-bond donors (Lipinski definition) is 4. The molecule has 136 valence electrons. The van der Waals surface area contributed by atoms with Gasteiger partial charge < -0.3 is 20.4 Å². The smallest absolute Gasteiger partial charge is 0.335 e. The number of carboxylic acids is 1. The number of carboxylic acid groups (broad SMARTS) is 1. The highest BCUT2D eigenvalue weighted by atomic mass is 16.4. The van der Waals surface area contributed by atoms with E-state index in [4.69, 9.17) is 15.3 Å². The van der Waals surface area contributed by atoms with Gasteiger partial charge in [0.25, 0.3) is 0 Å². The first-order valence-electron chi connectivity index (χ1n) is 8.94. The van der Waals surface area contributed by atoms with Crippen LogP contribution in [0, 0.1) is 0 Å². The Bertz CT molecular complexity index is 304. The summed E-state index contributed by atoms with van der Waals surface area (Å²) in [7, 11) is 0. The summed E-state index contributed by atoms with van der Waals surface area (Å²) in [5, 5.41) is 35.8. The number of allylic oxidation sites excluding steroid dienone is 2. The predicted octanol–water partition coefficient (Wildman–Crippen LogP) is 3.02. The molecule has 5 nitrogen and oxygen atoms in total. The summed E-state index contributed by atoms with van der Waals surface area (Å²) >= 11 is 0. The van der Waals surface area contributed by atoms with Gasteiger partial charge >= 0.3 is 5.97 Å². The molecule has 0 aliphatic carbocycles. The van der Waals surface area contributed by atoms with Gasteiger partial charge in [0.15, 0.2) is 6.10 Å². The molecule has 0 bridgehead atoms. The number of unbranched alkanes of at least 4 members (excludes halogenated alkanes) is 9. The van der Waals surface area contributed by atoms with E-state index >= 15 is 0 Å². The average Bonchev–Trinajstić information content (AvgIpc) is 2.54. The molecule has 0 aliphatic heterocycles. The summed E-state index contributed by atoms with van der Waals surface area (Å²) in [5.74, 6) is -1.36. The predicted molar refractivity (Wildman–Crippen MR) is 91.3 cm³/mol. The fourth-order valence-corrected chi connectivity index (χ4v) is 2.43. The number of hydrogen-bond acceptors (Lipinski definition) is 4. The number of aliphatic hydroxyl groups is 3. The third-order valence-corrected chi connectivity index (χ3v) is 3.93. The molecule has 0 aromatic heterocycles. The van der Waals surface area contributed by atoms with Gasteiger partial charge in [-0.3, -0.25) is 0 Å². The maximum atomic E-state index is 10.5. The van der Waals surface area contributed by atoms with Crippen LogP contribution in [0.3, 0.4) is 0 Å². The number of rotatable bonds is 16. The minimum Gasteiger partial charge on any atom is -0.479 e. The zero-order valence-corrected chi connectivity index (χ0v) is 14.2. The lowest BCUT2D eigenvalue weighted by Crippen LogP contribution is -2.33. The quantitative estimate of drug-likeness (QED) is 0.258. The summed E-state index contributed by atoms with van der Waals surface area (Å²) in [6, 6.07) is 0. The van der Waals surface area contributed by atoms with Crippen LogP contribution in [0.1, 0.15) is 77.0 Å². The number of carbonyl (C=O) groups is 1. The Morgan fingerprint density at radius 2 is 1.26 bits per heavy atom. The van der Waals surface area contributed by atoms with E-state index in [0.29, 0.717) is 13.0 Å². The van der Waals surface area contributed by atoms with E-state index in [9.17, 15) is 9.90 Å². The molecule has 0 spiro atoms. The minimum absolute atomic E-state index is 0.301. The van der Waals surface area contributed by atoms with Gasteiger partial charge in [-0.1, -0.05) is 50.7 Å². The van der Waals surface area contributed by atoms with Crippen molar-refractivity contribution in [2.45, 2.75) is 89.3 Å². The highest BCUT2D eigenvalue weighted by molar-refractivity contribution is 5.72. The zero-order chi connectivity index (χ0) is 17.3. The van der Waals surface area contributed by atoms with E-state index in [1.165, 1.54) is 12.8 Å². The van der Waals surface area contributed by atoms with Gasteiger partial charge in [0.05, 0.1) is 6.10 Å². The van der Waals surface area contributed by atoms with E-state index in [2.05, 4.69) is 12.2 Å². The van der Waals surface area contributed by atoms with Crippen molar-refractivity contribution in [1.29, 1.82) is 0 Å². The summed E-state index contributed by atoms with van der Waals surface area (Å²) in [6.07, 6.45) is 13.7. The van der Waals surface area contributed by atoms with Crippen molar-refractivity contribution < 1.29 is 25.2 Å². The van der Waals surface area contributed by atoms with E-state index in [1.54, 1.807) is 0 Å². The monoisotopic (exact) mass is 330 g/mol. The topological polar surface area (TPSA) is 98.0 Å². The second-order valence-corrected chi connectivity index (χ2v) is 6.09. The fourth-order valence-electron chi connectivity index (χ4n) is 2.43. The van der Waals surface area contributed by atoms with Crippen LogP contribution in [0.25, 0.3) is 0 Å². The molecule has 0 saturated carbocycles. The second-order valence-electron chi connectivity index (χ2n) is 6.09. The van der Waals surface area contributed by atoms with Crippen LogP contribution in [0.4, 0.5) is 0 Å². The van der Waals surface area contributed by atoms with Gasteiger partial charge in [-0.2, -0.15) is 0 Å². The third-order valence-electron chi connectivity index (χ3n) is 3.93. The molecule has 2 unspecified atom stereocenters. The molecule has 0 aromatic rings. The molecule has 0 rings (SSSR count). The Balaban J connectivity index is 3.28. The van der Waals surface area contributed by atoms with Gasteiger partial charge in [-0.05, 0) is 38.5 Å². The first-order valence-corrected chi connectivity index (χ1v) is 8.94. The molecule has 4 N–H and O–H groups in total. The van der Waals surface area contributed by atoms with Crippen molar-refractivity contribution in [3.8, 4) is 0 Å². The van der Waals surface area contributed by atoms with E-state index in [0.717, 1.165) is 57.8 Å². The first kappa shape index (κ1) is 22.1. The summed E-state index contributed by atoms with van der Waals surface area (Å²) < 4.78 is 0. The molecule has 0 saturated heterocycles. The molecular formula is C18H34O5. The Labute approximate surface area is 140 Å². The van der Waals surface area contributed by atoms with Crippen molar-refractivity contribution in [1.82, 2.24) is 0 Å². The average molecular weight is 330 g/mol. The van der Waals surface area contributed by atoms with E-state index < -0.39 is 18.2 Å². The Kier molecular flexibility index (Phi) is 15.3. The van der Waals surface area contributed by atoms with Gasteiger partial charge in [0.1, 0.15) is 0 Å². The number of aliphatic carboxylic acids is 1. The van der Waals surface area contributed by atoms with Crippen molar-refractivity contribution >= 4 is 5.97 Å². The Hall–Kier alpha value is -0.910. The van der Waals surface area contributed by atoms with Crippen LogP contribution in [0.15, 0.2) is 12.2 Å². The molecule has 0 aromatic carbocycles. The molecule has 0 heterocycles. The maximum absolute atomic E-state index is 10.5. The Morgan fingerprint density at radius 1 is 0.783 bits per heavy atom. The van der Waals surface area contributed by atoms with Gasteiger partial charge in [-0.25, -0.2) is 4.79 Å². The normalized spacial score (nSPS) is 14.2. The molecule has 2 atom stereocenters. The van der Waals surface area contributed by atoms with Crippen molar-refractivity contribution in [2.24, 2.45) is 0 Å². The summed E-state index contributed by atoms with van der Waals surface area (Å²) in [6.45, 7) is 0.301. The van der Waals surface area contributed by atoms with Crippen LogP contribution in [-0.2, 0) is 4.79 Å². The van der Waals surface area contributed by atoms with Crippen LogP contribution < -0.4 is 0 Å². The zero-order valence-electron chi connectivity index (χ0n) is 14.2. The molecule has 23 heavy (non-hydrogen) atoms. The Morgan fingerprint density at radius 3 is 1.78 bits per heavy atom. The van der Waals surface area contributed by atoms with Gasteiger partial charge in [0.2, 0.25) is 0 Å². The molecule has 5 heteroatoms. The third kappa shape index (κ3) is 14.4. The van der Waals surface area contributed by atoms with Crippen LogP contribution >= 0.6 is 0 Å². The van der Waals surface area contributed by atoms with Crippen LogP contribution in [-0.4, -0.2) is 45.2 Å². The minimum atomic E-state index is -1.66. The van der Waals surface area contributed by atoms with Crippen molar-refractivity contribution in [3.05, 3.63) is 12.2 Å². The summed E-state index contributed by atoms with van der Waals surface area (Å²) in [4.78, 5) is 10.5. The standard InChI is InChI=1S/C18H34O5/c19-15-13-11-9-7-5-3-1-2-4-6-8-10-12-14-16(20)17(21)18(22)23/h1,3,16-17,19-21H,2,4-15H2,(H,22,23)/b3-1+. The lowest BCUT2D eigenvalue weighted by Gasteiger charge is -2.13. The fraction of sp³-hybridized carbons (Fsp3) is 0.833. The SMILES string of the molecule is O=C(O)C(O)C(O)CCCCCCC/C=C/CCCCCCO. The first-order chi connectivity index (χ1) is 11.1. The molecule has 0 fully saturated rings. The maximum Gasteiger partial charge on any atom is 0.335 e. The highest BCUT2D eigenvalue weighted by Crippen LogP contribution is 2.11. The van der Waals surface area contributed by atoms with Crippen molar-refractivity contribution in [3.63, 3.8) is 0 Å². The van der Waals surface area contributed by atoms with E-state index in [-0.39, 0.29) is 0 Å². The van der Waals surface area contributed by atoms with E-state index in [1.807, 2.05) is 0 Å². The summed E-state index contributed by atoms with van der Waals surface area (Å²) in [5.41, 5.74) is 0. The molecule has 0 aliphatic rings. The van der Waals surface area contributed by atoms with Crippen LogP contribution in [0.5, 0.6) is 0 Å². The lowest BCUT2D eigenvalue weighted by atomic mass is 10.0. The molecular weight excluding hydrogens is 296 g/mol. The highest BCUT2D eigenvalue weighted by Gasteiger charge is 2.22. The lowest BCUT2D eigenvalue weighted by molar-refractivity contribution is -0.153.